The molecule has 5 unspecified atom stereocenters. The molecule has 2 aliphatic rings. The van der Waals surface area contributed by atoms with Gasteiger partial charge in [-0.3, -0.25) is 38.4 Å². The standard InChI is InChI=1S/C51H58N6O9/c1-2-3-28-40(46(60)50(64)53-30-42(58)55-43(47(52)61)34-20-10-5-11-21-34)54-49(63)41-29-37(66-32-33-18-8-4-9-19-33)31-57(41)51(65)44(35-22-12-6-13-23-35)56-48(62)39-27-17-16-26-38(39)45(59)36-24-14-7-15-25-36/h4-5,7-11,14-21,24-27,35,37,40-41,43-44H,2-3,6,12-13,22-23,28-32H2,1H3,(H2,52,61)(H,53,64)(H,54,63)(H,55,58)(H,56,62). The number of primary amides is 1. The lowest BCUT2D eigenvalue weighted by atomic mass is 9.83. The molecule has 0 radical (unpaired) electrons. The van der Waals surface area contributed by atoms with Crippen molar-refractivity contribution >= 4 is 47.0 Å². The maximum atomic E-state index is 15.1. The highest BCUT2D eigenvalue weighted by Crippen LogP contribution is 2.31. The van der Waals surface area contributed by atoms with E-state index < -0.39 is 78.0 Å². The number of Topliss-reactive ketones (excluding diaryl/α,β-unsaturated/α-hetero) is 1. The number of ketones is 2. The zero-order valence-corrected chi connectivity index (χ0v) is 37.1. The van der Waals surface area contributed by atoms with E-state index in [0.717, 1.165) is 24.8 Å². The van der Waals surface area contributed by atoms with Crippen LogP contribution in [0, 0.1) is 5.92 Å². The van der Waals surface area contributed by atoms with E-state index >= 15 is 4.79 Å². The van der Waals surface area contributed by atoms with Crippen LogP contribution in [0.2, 0.25) is 0 Å². The third-order valence-corrected chi connectivity index (χ3v) is 12.1. The van der Waals surface area contributed by atoms with E-state index in [0.29, 0.717) is 36.8 Å². The summed E-state index contributed by atoms with van der Waals surface area (Å²) >= 11 is 0. The van der Waals surface area contributed by atoms with E-state index in [9.17, 15) is 33.6 Å². The number of nitrogens with two attached hydrogens (primary N) is 1. The van der Waals surface area contributed by atoms with Crippen LogP contribution in [-0.2, 0) is 40.1 Å². The predicted molar refractivity (Wildman–Crippen MR) is 245 cm³/mol. The number of hydrogen-bond donors (Lipinski definition) is 5. The number of carbonyl (C=O) groups is 8. The second kappa shape index (κ2) is 23.8. The summed E-state index contributed by atoms with van der Waals surface area (Å²) in [4.78, 5) is 111. The Morgan fingerprint density at radius 2 is 1.36 bits per heavy atom. The molecule has 15 nitrogen and oxygen atoms in total. The van der Waals surface area contributed by atoms with Gasteiger partial charge in [0.05, 0.1) is 30.9 Å². The first kappa shape index (κ1) is 48.5. The van der Waals surface area contributed by atoms with Gasteiger partial charge in [-0.25, -0.2) is 0 Å². The van der Waals surface area contributed by atoms with Crippen molar-refractivity contribution in [2.75, 3.05) is 13.1 Å². The smallest absolute Gasteiger partial charge is 0.290 e. The molecule has 346 valence electrons. The second-order valence-corrected chi connectivity index (χ2v) is 16.8. The molecule has 6 N–H and O–H groups in total. The Hall–Kier alpha value is -7.00. The number of nitrogens with one attached hydrogen (secondary N) is 4. The first-order valence-electron chi connectivity index (χ1n) is 22.7. The minimum Gasteiger partial charge on any atom is -0.372 e. The molecule has 1 aliphatic carbocycles. The minimum absolute atomic E-state index is 0.00434. The monoisotopic (exact) mass is 898 g/mol. The summed E-state index contributed by atoms with van der Waals surface area (Å²) in [7, 11) is 0. The zero-order valence-electron chi connectivity index (χ0n) is 37.1. The number of rotatable bonds is 21. The van der Waals surface area contributed by atoms with Crippen LogP contribution in [0.1, 0.15) is 108 Å². The third kappa shape index (κ3) is 12.8. The van der Waals surface area contributed by atoms with E-state index in [1.165, 1.54) is 4.90 Å². The Labute approximate surface area is 384 Å². The van der Waals surface area contributed by atoms with E-state index in [4.69, 9.17) is 10.5 Å². The molecular formula is C51H58N6O9. The molecule has 66 heavy (non-hydrogen) atoms. The van der Waals surface area contributed by atoms with E-state index in [1.54, 1.807) is 84.9 Å². The molecule has 15 heteroatoms. The van der Waals surface area contributed by atoms with Crippen molar-refractivity contribution in [1.29, 1.82) is 0 Å². The maximum absolute atomic E-state index is 15.1. The molecule has 0 spiro atoms. The number of nitrogens with zero attached hydrogens (tertiary/aromatic N) is 1. The van der Waals surface area contributed by atoms with Gasteiger partial charge in [0.25, 0.3) is 11.8 Å². The van der Waals surface area contributed by atoms with Crippen molar-refractivity contribution in [3.05, 3.63) is 143 Å². The van der Waals surface area contributed by atoms with Crippen molar-refractivity contribution in [3.8, 4) is 0 Å². The highest BCUT2D eigenvalue weighted by molar-refractivity contribution is 6.38. The van der Waals surface area contributed by atoms with Gasteiger partial charge in [0.15, 0.2) is 5.78 Å². The van der Waals surface area contributed by atoms with E-state index in [1.807, 2.05) is 37.3 Å². The topological polar surface area (TPSA) is 223 Å². The summed E-state index contributed by atoms with van der Waals surface area (Å²) < 4.78 is 6.29. The molecular weight excluding hydrogens is 841 g/mol. The van der Waals surface area contributed by atoms with Crippen molar-refractivity contribution in [1.82, 2.24) is 26.2 Å². The fourth-order valence-corrected chi connectivity index (χ4v) is 8.60. The Kier molecular flexibility index (Phi) is 17.5. The molecule has 1 aliphatic heterocycles. The van der Waals surface area contributed by atoms with Crippen LogP contribution < -0.4 is 27.0 Å². The van der Waals surface area contributed by atoms with Gasteiger partial charge in [-0.2, -0.15) is 0 Å². The molecule has 0 aromatic heterocycles. The lowest BCUT2D eigenvalue weighted by Gasteiger charge is -2.35. The highest BCUT2D eigenvalue weighted by Gasteiger charge is 2.45. The number of benzene rings is 4. The van der Waals surface area contributed by atoms with Crippen molar-refractivity contribution in [2.24, 2.45) is 11.7 Å². The van der Waals surface area contributed by atoms with Crippen molar-refractivity contribution in [3.63, 3.8) is 0 Å². The normalized spacial score (nSPS) is 17.4. The predicted octanol–water partition coefficient (Wildman–Crippen LogP) is 4.49. The lowest BCUT2D eigenvalue weighted by molar-refractivity contribution is -0.143. The van der Waals surface area contributed by atoms with Gasteiger partial charge in [0, 0.05) is 24.1 Å². The number of ether oxygens (including phenoxy) is 1. The summed E-state index contributed by atoms with van der Waals surface area (Å²) in [5.74, 6) is -6.13. The first-order valence-corrected chi connectivity index (χ1v) is 22.7. The SMILES string of the molecule is CCCCC(NC(=O)C1CC(OCc2ccccc2)CN1C(=O)C(NC(=O)c1ccccc1C(=O)c1ccccc1)C1CCCCC1)C(=O)C(=O)NCC(=O)NC(C(N)=O)c1ccccc1. The summed E-state index contributed by atoms with van der Waals surface area (Å²) in [5.41, 5.74) is 7.53. The Morgan fingerprint density at radius 3 is 2.02 bits per heavy atom. The number of carbonyl (C=O) groups excluding carboxylic acids is 8. The number of amides is 6. The number of hydrogen-bond acceptors (Lipinski definition) is 9. The van der Waals surface area contributed by atoms with Gasteiger partial charge in [0.2, 0.25) is 29.4 Å². The Bertz CT molecular complexity index is 2340. The summed E-state index contributed by atoms with van der Waals surface area (Å²) in [6, 6.07) is 28.1. The molecule has 4 aromatic rings. The van der Waals surface area contributed by atoms with E-state index in [-0.39, 0.29) is 48.8 Å². The molecule has 1 heterocycles. The van der Waals surface area contributed by atoms with Crippen LogP contribution >= 0.6 is 0 Å². The number of unbranched alkanes of at least 4 members (excludes halogenated alkanes) is 1. The average Bonchev–Trinajstić information content (AvgIpc) is 3.79. The largest absolute Gasteiger partial charge is 0.372 e. The van der Waals surface area contributed by atoms with Gasteiger partial charge in [-0.1, -0.05) is 148 Å². The quantitative estimate of drug-likeness (QED) is 0.0587. The first-order chi connectivity index (χ1) is 31.9. The third-order valence-electron chi connectivity index (χ3n) is 12.1. The Balaban J connectivity index is 1.21. The van der Waals surface area contributed by atoms with Crippen molar-refractivity contribution < 1.29 is 43.1 Å². The molecule has 2 fully saturated rings. The Morgan fingerprint density at radius 1 is 0.742 bits per heavy atom. The lowest BCUT2D eigenvalue weighted by Crippen LogP contribution is -2.58. The van der Waals surface area contributed by atoms with Crippen molar-refractivity contribution in [2.45, 2.75) is 102 Å². The molecule has 6 amide bonds. The number of likely N-dealkylation sites (tertiary alicyclic amines) is 1. The molecule has 0 bridgehead atoms. The summed E-state index contributed by atoms with van der Waals surface area (Å²) in [5, 5.41) is 10.5. The minimum atomic E-state index is -1.31. The fraction of sp³-hybridized carbons (Fsp3) is 0.373. The average molecular weight is 899 g/mol. The fourth-order valence-electron chi connectivity index (χ4n) is 8.60. The van der Waals surface area contributed by atoms with E-state index in [2.05, 4.69) is 21.3 Å². The van der Waals surface area contributed by atoms with Gasteiger partial charge in [0.1, 0.15) is 18.1 Å². The van der Waals surface area contributed by atoms with Gasteiger partial charge < -0.3 is 36.6 Å². The van der Waals surface area contributed by atoms with Crippen LogP contribution in [-0.4, -0.2) is 89.2 Å². The van der Waals surface area contributed by atoms with Crippen LogP contribution in [0.3, 0.4) is 0 Å². The highest BCUT2D eigenvalue weighted by atomic mass is 16.5. The van der Waals surface area contributed by atoms with Crippen LogP contribution in [0.25, 0.3) is 0 Å². The summed E-state index contributed by atoms with van der Waals surface area (Å²) in [6.07, 6.45) is 4.58. The molecule has 5 atom stereocenters. The van der Waals surface area contributed by atoms with Crippen LogP contribution in [0.15, 0.2) is 115 Å². The molecule has 4 aromatic carbocycles. The van der Waals surface area contributed by atoms with Gasteiger partial charge >= 0.3 is 0 Å². The van der Waals surface area contributed by atoms with Crippen LogP contribution in [0.5, 0.6) is 0 Å². The van der Waals surface area contributed by atoms with Gasteiger partial charge in [-0.05, 0) is 42.4 Å². The zero-order chi connectivity index (χ0) is 47.0. The van der Waals surface area contributed by atoms with Gasteiger partial charge in [-0.15, -0.1) is 0 Å². The molecule has 1 saturated carbocycles. The second-order valence-electron chi connectivity index (χ2n) is 16.8. The van der Waals surface area contributed by atoms with Crippen LogP contribution in [0.4, 0.5) is 0 Å². The summed E-state index contributed by atoms with van der Waals surface area (Å²) in [6.45, 7) is 1.44. The maximum Gasteiger partial charge on any atom is 0.290 e. The molecule has 6 rings (SSSR count). The molecule has 1 saturated heterocycles.